The zero-order chi connectivity index (χ0) is 5.98. The zero-order valence-electron chi connectivity index (χ0n) is 6.40. The molecule has 10 heavy (non-hydrogen) atoms. The van der Waals surface area contributed by atoms with Crippen LogP contribution in [0.5, 0.6) is 0 Å². The van der Waals surface area contributed by atoms with Crippen LogP contribution in [0.4, 0.5) is 0 Å². The summed E-state index contributed by atoms with van der Waals surface area (Å²) in [6.07, 6.45) is 5.15. The van der Waals surface area contributed by atoms with Crippen molar-refractivity contribution in [3.8, 4) is 0 Å². The van der Waals surface area contributed by atoms with Gasteiger partial charge in [0.1, 0.15) is 0 Å². The fraction of sp³-hybridized carbons (Fsp3) is 0.750. The third kappa shape index (κ3) is 4.88. The zero-order valence-corrected chi connectivity index (χ0v) is 14.7. The Morgan fingerprint density at radius 2 is 1.80 bits per heavy atom. The van der Waals surface area contributed by atoms with Gasteiger partial charge in [0.05, 0.1) is 0 Å². The Morgan fingerprint density at radius 3 is 2.00 bits per heavy atom. The summed E-state index contributed by atoms with van der Waals surface area (Å²) >= 11 is 0. The van der Waals surface area contributed by atoms with Gasteiger partial charge in [0.2, 0.25) is 0 Å². The summed E-state index contributed by atoms with van der Waals surface area (Å²) in [5.41, 5.74) is 0. The maximum absolute atomic E-state index is 4.01. The van der Waals surface area contributed by atoms with Crippen LogP contribution in [0.25, 0.3) is 0 Å². The van der Waals surface area contributed by atoms with Gasteiger partial charge in [-0.15, -0.1) is 0 Å². The number of rotatable bonds is 1. The summed E-state index contributed by atoms with van der Waals surface area (Å²) in [6, 6.07) is 0. The molecule has 0 amide bonds. The maximum atomic E-state index is 4.01. The Balaban J connectivity index is 0. The van der Waals surface area contributed by atoms with Crippen molar-refractivity contribution in [2.45, 2.75) is 25.7 Å². The second-order valence-corrected chi connectivity index (χ2v) is 2.83. The summed E-state index contributed by atoms with van der Waals surface area (Å²) in [5.74, 6) is 1.64. The second-order valence-electron chi connectivity index (χ2n) is 2.83. The van der Waals surface area contributed by atoms with Gasteiger partial charge in [0, 0.05) is 62.2 Å². The summed E-state index contributed by atoms with van der Waals surface area (Å²) in [6.45, 7) is 7.88. The first kappa shape index (κ1) is 14.6. The molecule has 0 radical (unpaired) electrons. The summed E-state index contributed by atoms with van der Waals surface area (Å²) in [7, 11) is 0. The van der Waals surface area contributed by atoms with E-state index >= 15 is 0 Å². The molecular weight excluding hydrogens is 572 g/mol. The smallest absolute Gasteiger partial charge is 0 e. The SMILES string of the molecule is [CH2-]CC1CCC([CH2-])C1.[U].[U]. The Bertz CT molecular complexity index is 73.7. The standard InChI is InChI=1S/C8H14.2U/c1-3-8-5-4-7(2)6-8;;/h7-8H,1-6H2;;/q-2;;. The van der Waals surface area contributed by atoms with Gasteiger partial charge in [-0.2, -0.15) is 12.3 Å². The van der Waals surface area contributed by atoms with Crippen LogP contribution in [0.1, 0.15) is 25.7 Å². The first-order valence-electron chi connectivity index (χ1n) is 3.45. The van der Waals surface area contributed by atoms with E-state index in [1.807, 2.05) is 0 Å². The summed E-state index contributed by atoms with van der Waals surface area (Å²) < 4.78 is 0. The predicted molar refractivity (Wildman–Crippen MR) is 36.2 cm³/mol. The molecule has 1 aliphatic rings. The van der Waals surface area contributed by atoms with E-state index in [0.29, 0.717) is 0 Å². The molecule has 0 aliphatic heterocycles. The maximum Gasteiger partial charge on any atom is 0 e. The minimum Gasteiger partial charge on any atom is -0.343 e. The van der Waals surface area contributed by atoms with E-state index < -0.39 is 0 Å². The van der Waals surface area contributed by atoms with Crippen LogP contribution in [0, 0.1) is 87.9 Å². The van der Waals surface area contributed by atoms with Gasteiger partial charge >= 0.3 is 0 Å². The Morgan fingerprint density at radius 1 is 1.20 bits per heavy atom. The predicted octanol–water partition coefficient (Wildman–Crippen LogP) is 2.46. The van der Waals surface area contributed by atoms with Crippen molar-refractivity contribution < 1.29 is 62.2 Å². The summed E-state index contributed by atoms with van der Waals surface area (Å²) in [5, 5.41) is 0. The van der Waals surface area contributed by atoms with Gasteiger partial charge in [-0.05, 0) is 0 Å². The molecule has 0 N–H and O–H groups in total. The average molecular weight is 586 g/mol. The van der Waals surface area contributed by atoms with Gasteiger partial charge in [-0.25, -0.2) is 0 Å². The number of hydrogen-bond donors (Lipinski definition) is 0. The van der Waals surface area contributed by atoms with Crippen LogP contribution in [-0.2, 0) is 0 Å². The topological polar surface area (TPSA) is 0 Å². The molecule has 0 aromatic heterocycles. The normalized spacial score (nSPS) is 30.6. The molecule has 0 saturated heterocycles. The monoisotopic (exact) mass is 586 g/mol. The second kappa shape index (κ2) is 7.74. The van der Waals surface area contributed by atoms with Crippen LogP contribution >= 0.6 is 0 Å². The summed E-state index contributed by atoms with van der Waals surface area (Å²) in [4.78, 5) is 0. The van der Waals surface area contributed by atoms with Crippen molar-refractivity contribution in [1.29, 1.82) is 0 Å². The van der Waals surface area contributed by atoms with Crippen molar-refractivity contribution in [3.63, 3.8) is 0 Å². The van der Waals surface area contributed by atoms with E-state index in [4.69, 9.17) is 0 Å². The molecule has 0 aromatic carbocycles. The molecule has 0 aromatic rings. The molecule has 2 heteroatoms. The molecule has 0 bridgehead atoms. The molecule has 1 aliphatic carbocycles. The fourth-order valence-corrected chi connectivity index (χ4v) is 1.44. The van der Waals surface area contributed by atoms with Crippen LogP contribution in [0.2, 0.25) is 0 Å². The Labute approximate surface area is 112 Å². The van der Waals surface area contributed by atoms with E-state index in [-0.39, 0.29) is 62.2 Å². The van der Waals surface area contributed by atoms with E-state index in [1.54, 1.807) is 0 Å². The quantitative estimate of drug-likeness (QED) is 0.415. The molecule has 2 unspecified atom stereocenters. The molecule has 56 valence electrons. The van der Waals surface area contributed by atoms with Crippen molar-refractivity contribution in [2.24, 2.45) is 11.8 Å². The molecule has 0 spiro atoms. The van der Waals surface area contributed by atoms with Gasteiger partial charge in [-0.1, -0.05) is 25.2 Å². The van der Waals surface area contributed by atoms with Gasteiger partial charge in [0.15, 0.2) is 0 Å². The van der Waals surface area contributed by atoms with E-state index in [2.05, 4.69) is 13.8 Å². The first-order valence-corrected chi connectivity index (χ1v) is 3.45. The van der Waals surface area contributed by atoms with E-state index in [9.17, 15) is 0 Å². The molecule has 1 fully saturated rings. The molecule has 1 saturated carbocycles. The number of hydrogen-bond acceptors (Lipinski definition) is 0. The Kier molecular flexibility index (Phi) is 11.3. The molecule has 0 heterocycles. The van der Waals surface area contributed by atoms with Crippen molar-refractivity contribution in [1.82, 2.24) is 0 Å². The van der Waals surface area contributed by atoms with Crippen molar-refractivity contribution >= 4 is 0 Å². The Hall–Kier alpha value is 2.10. The minimum absolute atomic E-state index is 0. The van der Waals surface area contributed by atoms with Gasteiger partial charge < -0.3 is 13.8 Å². The van der Waals surface area contributed by atoms with Crippen LogP contribution in [-0.4, -0.2) is 0 Å². The van der Waals surface area contributed by atoms with E-state index in [1.165, 1.54) is 19.3 Å². The minimum atomic E-state index is 0. The fourth-order valence-electron chi connectivity index (χ4n) is 1.44. The largest absolute Gasteiger partial charge is 0.343 e. The van der Waals surface area contributed by atoms with Crippen molar-refractivity contribution in [2.75, 3.05) is 0 Å². The molecular formula is C8H14U2-2. The van der Waals surface area contributed by atoms with Crippen LogP contribution in [0.3, 0.4) is 0 Å². The van der Waals surface area contributed by atoms with Crippen molar-refractivity contribution in [3.05, 3.63) is 13.8 Å². The molecule has 0 nitrogen and oxygen atoms in total. The van der Waals surface area contributed by atoms with Crippen LogP contribution < -0.4 is 0 Å². The third-order valence-corrected chi connectivity index (χ3v) is 2.06. The first-order chi connectivity index (χ1) is 3.83. The van der Waals surface area contributed by atoms with E-state index in [0.717, 1.165) is 18.3 Å². The third-order valence-electron chi connectivity index (χ3n) is 2.06. The molecule has 1 rings (SSSR count). The average Bonchev–Trinajstić information content (AvgIpc) is 2.14. The van der Waals surface area contributed by atoms with Gasteiger partial charge in [-0.3, -0.25) is 0 Å². The van der Waals surface area contributed by atoms with Gasteiger partial charge in [0.25, 0.3) is 0 Å². The van der Waals surface area contributed by atoms with Crippen LogP contribution in [0.15, 0.2) is 0 Å². The molecule has 2 atom stereocenters.